The monoisotopic (exact) mass is 330 g/mol. The van der Waals surface area contributed by atoms with Crippen molar-refractivity contribution in [2.75, 3.05) is 13.2 Å². The Hall–Kier alpha value is -0.200. The topological polar surface area (TPSA) is 69.7 Å². The second-order valence-corrected chi connectivity index (χ2v) is 5.39. The molecule has 0 heterocycles. The molecule has 0 radical (unpaired) electrons. The maximum Gasteiger partial charge on any atom is 0.247 e. The quantitative estimate of drug-likeness (QED) is 0.666. The predicted octanol–water partition coefficient (Wildman–Crippen LogP) is 1.85. The molecule has 1 aliphatic rings. The summed E-state index contributed by atoms with van der Waals surface area (Å²) in [5.41, 5.74) is 0. The van der Waals surface area contributed by atoms with Crippen LogP contribution >= 0.6 is 34.8 Å². The fraction of sp³-hybridized carbons (Fsp3) is 0.727. The fourth-order valence-corrected chi connectivity index (χ4v) is 2.54. The Morgan fingerprint density at radius 2 is 1.32 bits per heavy atom. The summed E-state index contributed by atoms with van der Waals surface area (Å²) in [6, 6.07) is 0. The van der Waals surface area contributed by atoms with Crippen LogP contribution in [-0.4, -0.2) is 41.1 Å². The molecule has 0 N–H and O–H groups in total. The van der Waals surface area contributed by atoms with Gasteiger partial charge in [-0.3, -0.25) is 14.4 Å². The van der Waals surface area contributed by atoms with Gasteiger partial charge in [-0.25, -0.2) is 0 Å². The number of carbonyl (C=O) groups excluding carboxylic acids is 3. The fourth-order valence-electron chi connectivity index (χ4n) is 2.13. The van der Waals surface area contributed by atoms with Crippen LogP contribution in [0.4, 0.5) is 0 Å². The first kappa shape index (κ1) is 16.9. The van der Waals surface area contributed by atoms with Crippen molar-refractivity contribution in [2.24, 2.45) is 5.92 Å². The first-order chi connectivity index (χ1) is 8.91. The van der Waals surface area contributed by atoms with E-state index in [4.69, 9.17) is 44.3 Å². The van der Waals surface area contributed by atoms with Gasteiger partial charge >= 0.3 is 0 Å². The molecule has 0 aliphatic heterocycles. The number of halogens is 3. The van der Waals surface area contributed by atoms with E-state index in [0.717, 1.165) is 6.42 Å². The largest absolute Gasteiger partial charge is 0.368 e. The molecule has 19 heavy (non-hydrogen) atoms. The summed E-state index contributed by atoms with van der Waals surface area (Å²) in [5.74, 6) is -0.734. The molecule has 2 atom stereocenters. The van der Waals surface area contributed by atoms with Crippen molar-refractivity contribution in [3.05, 3.63) is 0 Å². The van der Waals surface area contributed by atoms with Gasteiger partial charge in [0.2, 0.25) is 15.7 Å². The van der Waals surface area contributed by atoms with Gasteiger partial charge in [0, 0.05) is 0 Å². The Morgan fingerprint density at radius 3 is 1.63 bits per heavy atom. The third-order valence-corrected chi connectivity index (χ3v) is 3.33. The zero-order chi connectivity index (χ0) is 14.4. The van der Waals surface area contributed by atoms with E-state index in [0.29, 0.717) is 12.8 Å². The molecule has 0 saturated heterocycles. The average Bonchev–Trinajstić information content (AvgIpc) is 2.33. The van der Waals surface area contributed by atoms with Crippen molar-refractivity contribution in [1.82, 2.24) is 0 Å². The van der Waals surface area contributed by atoms with E-state index in [2.05, 4.69) is 0 Å². The van der Waals surface area contributed by atoms with E-state index in [1.807, 2.05) is 0 Å². The van der Waals surface area contributed by atoms with E-state index in [1.54, 1.807) is 0 Å². The van der Waals surface area contributed by atoms with Crippen LogP contribution in [0.15, 0.2) is 0 Å². The minimum absolute atomic E-state index is 0.298. The molecule has 1 saturated carbocycles. The van der Waals surface area contributed by atoms with Crippen LogP contribution in [0.1, 0.15) is 19.3 Å². The summed E-state index contributed by atoms with van der Waals surface area (Å²) in [6.45, 7) is -0.595. The van der Waals surface area contributed by atoms with E-state index >= 15 is 0 Å². The van der Waals surface area contributed by atoms with Crippen LogP contribution in [0.5, 0.6) is 0 Å². The standard InChI is InChI=1S/C11H13Cl3O5/c12-8(15)4-18-6-2-1-3-7(10(6)11(14)17)19-5-9(13)16/h6-7,10H,1-5H2. The van der Waals surface area contributed by atoms with Crippen LogP contribution in [0.2, 0.25) is 0 Å². The number of ether oxygens (including phenoxy) is 2. The lowest BCUT2D eigenvalue weighted by Gasteiger charge is -2.35. The Kier molecular flexibility index (Phi) is 7.25. The zero-order valence-corrected chi connectivity index (χ0v) is 12.2. The van der Waals surface area contributed by atoms with E-state index < -0.39 is 33.9 Å². The van der Waals surface area contributed by atoms with E-state index in [-0.39, 0.29) is 13.2 Å². The second kappa shape index (κ2) is 8.17. The average molecular weight is 332 g/mol. The maximum atomic E-state index is 11.5. The lowest BCUT2D eigenvalue weighted by atomic mass is 9.84. The molecule has 8 heteroatoms. The molecule has 0 aromatic heterocycles. The van der Waals surface area contributed by atoms with Gasteiger partial charge < -0.3 is 9.47 Å². The third-order valence-electron chi connectivity index (χ3n) is 2.86. The number of rotatable bonds is 7. The van der Waals surface area contributed by atoms with Gasteiger partial charge in [-0.05, 0) is 54.1 Å². The van der Waals surface area contributed by atoms with Crippen LogP contribution in [0, 0.1) is 5.92 Å². The molecular weight excluding hydrogens is 318 g/mol. The van der Waals surface area contributed by atoms with Crippen molar-refractivity contribution in [1.29, 1.82) is 0 Å². The highest BCUT2D eigenvalue weighted by atomic mass is 35.5. The normalized spacial score (nSPS) is 27.0. The van der Waals surface area contributed by atoms with Gasteiger partial charge in [-0.15, -0.1) is 0 Å². The Morgan fingerprint density at radius 1 is 0.895 bits per heavy atom. The Labute approximate surface area is 125 Å². The third kappa shape index (κ3) is 5.75. The van der Waals surface area contributed by atoms with Crippen molar-refractivity contribution in [3.63, 3.8) is 0 Å². The Balaban J connectivity index is 2.66. The highest BCUT2D eigenvalue weighted by Gasteiger charge is 2.39. The number of hydrogen-bond donors (Lipinski definition) is 0. The molecule has 0 aromatic rings. The zero-order valence-electron chi connectivity index (χ0n) is 9.94. The van der Waals surface area contributed by atoms with E-state index in [1.165, 1.54) is 0 Å². The first-order valence-corrected chi connectivity index (χ1v) is 6.84. The molecule has 2 unspecified atom stereocenters. The molecular formula is C11H13Cl3O5. The van der Waals surface area contributed by atoms with Crippen LogP contribution in [0.3, 0.4) is 0 Å². The first-order valence-electron chi connectivity index (χ1n) is 5.71. The summed E-state index contributed by atoms with van der Waals surface area (Å²) in [5, 5.41) is -1.93. The summed E-state index contributed by atoms with van der Waals surface area (Å²) < 4.78 is 10.5. The predicted molar refractivity (Wildman–Crippen MR) is 69.4 cm³/mol. The minimum atomic E-state index is -0.734. The molecule has 0 amide bonds. The van der Waals surface area contributed by atoms with Gasteiger partial charge in [0.15, 0.2) is 0 Å². The van der Waals surface area contributed by atoms with Crippen LogP contribution < -0.4 is 0 Å². The molecule has 0 bridgehead atoms. The highest BCUT2D eigenvalue weighted by molar-refractivity contribution is 6.64. The second-order valence-electron chi connectivity index (χ2n) is 4.17. The maximum absolute atomic E-state index is 11.5. The summed E-state index contributed by atoms with van der Waals surface area (Å²) in [7, 11) is 0. The van der Waals surface area contributed by atoms with Crippen LogP contribution in [0.25, 0.3) is 0 Å². The number of carbonyl (C=O) groups is 3. The molecule has 5 nitrogen and oxygen atoms in total. The minimum Gasteiger partial charge on any atom is -0.368 e. The molecule has 1 rings (SSSR count). The van der Waals surface area contributed by atoms with Gasteiger partial charge in [0.1, 0.15) is 13.2 Å². The lowest BCUT2D eigenvalue weighted by molar-refractivity contribution is -0.142. The molecule has 0 spiro atoms. The van der Waals surface area contributed by atoms with Crippen molar-refractivity contribution in [2.45, 2.75) is 31.5 Å². The number of hydrogen-bond acceptors (Lipinski definition) is 5. The van der Waals surface area contributed by atoms with Gasteiger partial charge in [-0.1, -0.05) is 0 Å². The van der Waals surface area contributed by atoms with Crippen molar-refractivity contribution < 1.29 is 23.9 Å². The summed E-state index contributed by atoms with van der Waals surface area (Å²) in [4.78, 5) is 32.9. The molecule has 108 valence electrons. The van der Waals surface area contributed by atoms with E-state index in [9.17, 15) is 14.4 Å². The molecule has 1 fully saturated rings. The highest BCUT2D eigenvalue weighted by Crippen LogP contribution is 2.31. The van der Waals surface area contributed by atoms with Crippen molar-refractivity contribution in [3.8, 4) is 0 Å². The summed E-state index contributed by atoms with van der Waals surface area (Å²) >= 11 is 15.9. The SMILES string of the molecule is O=C(Cl)COC1CCCC(OCC(=O)Cl)C1C(=O)Cl. The Bertz CT molecular complexity index is 334. The van der Waals surface area contributed by atoms with Gasteiger partial charge in [0.05, 0.1) is 18.1 Å². The van der Waals surface area contributed by atoms with Gasteiger partial charge in [0.25, 0.3) is 0 Å². The lowest BCUT2D eigenvalue weighted by Crippen LogP contribution is -2.43. The smallest absolute Gasteiger partial charge is 0.247 e. The molecule has 0 aromatic carbocycles. The van der Waals surface area contributed by atoms with Gasteiger partial charge in [-0.2, -0.15) is 0 Å². The molecule has 1 aliphatic carbocycles. The summed E-state index contributed by atoms with van der Waals surface area (Å²) in [6.07, 6.45) is 0.779. The van der Waals surface area contributed by atoms with Crippen molar-refractivity contribution >= 4 is 50.5 Å². The van der Waals surface area contributed by atoms with Crippen LogP contribution in [-0.2, 0) is 23.9 Å².